The molecule has 1 aromatic carbocycles. The van der Waals surface area contributed by atoms with E-state index in [2.05, 4.69) is 21.2 Å². The third kappa shape index (κ3) is 6.90. The van der Waals surface area contributed by atoms with Crippen molar-refractivity contribution in [2.24, 2.45) is 0 Å². The fraction of sp³-hybridized carbons (Fsp3) is 0.619. The van der Waals surface area contributed by atoms with Crippen LogP contribution in [0.2, 0.25) is 5.02 Å². The van der Waals surface area contributed by atoms with E-state index in [1.165, 1.54) is 30.8 Å². The van der Waals surface area contributed by atoms with Crippen LogP contribution in [0.5, 0.6) is 0 Å². The maximum atomic E-state index is 12.6. The Morgan fingerprint density at radius 3 is 2.37 bits per heavy atom. The molecular weight excluding hydrogens is 440 g/mol. The lowest BCUT2D eigenvalue weighted by Gasteiger charge is -2.33. The average molecular weight is 471 g/mol. The first-order valence-electron chi connectivity index (χ1n) is 10.8. The number of nitrogens with zero attached hydrogens (tertiary/aromatic N) is 4. The number of sulfonamides is 1. The molecule has 0 aliphatic carbocycles. The molecule has 1 fully saturated rings. The number of hydrogen-bond acceptors (Lipinski definition) is 6. The maximum Gasteiger partial charge on any atom is 0.214 e. The van der Waals surface area contributed by atoms with Crippen molar-refractivity contribution in [2.75, 3.05) is 36.8 Å². The number of halogens is 1. The zero-order chi connectivity index (χ0) is 21.4. The third-order valence-corrected chi connectivity index (χ3v) is 8.41. The molecular formula is C21H31ClN4O2S2. The fourth-order valence-corrected chi connectivity index (χ4v) is 5.99. The molecule has 0 radical (unpaired) electrons. The van der Waals surface area contributed by atoms with Gasteiger partial charge in [-0.3, -0.25) is 0 Å². The summed E-state index contributed by atoms with van der Waals surface area (Å²) in [6.07, 6.45) is 7.21. The predicted octanol–water partition coefficient (Wildman–Crippen LogP) is 4.59. The van der Waals surface area contributed by atoms with Crippen molar-refractivity contribution in [2.45, 2.75) is 51.9 Å². The van der Waals surface area contributed by atoms with Crippen LogP contribution in [-0.4, -0.2) is 54.0 Å². The normalized spacial score (nSPS) is 15.6. The Bertz CT molecular complexity index is 879. The summed E-state index contributed by atoms with van der Waals surface area (Å²) in [5.41, 5.74) is 1.12. The molecule has 1 aromatic heterocycles. The summed E-state index contributed by atoms with van der Waals surface area (Å²) in [4.78, 5) is 6.80. The molecule has 2 heterocycles. The number of piperazine rings is 1. The highest BCUT2D eigenvalue weighted by molar-refractivity contribution is 7.89. The van der Waals surface area contributed by atoms with Crippen molar-refractivity contribution in [1.29, 1.82) is 0 Å². The second kappa shape index (κ2) is 11.4. The molecule has 1 aliphatic rings. The molecule has 2 aromatic rings. The van der Waals surface area contributed by atoms with E-state index in [4.69, 9.17) is 11.6 Å². The monoisotopic (exact) mass is 470 g/mol. The Hall–Kier alpha value is -1.22. The minimum Gasteiger partial charge on any atom is -0.344 e. The van der Waals surface area contributed by atoms with E-state index >= 15 is 0 Å². The van der Waals surface area contributed by atoms with Gasteiger partial charge < -0.3 is 4.90 Å². The summed E-state index contributed by atoms with van der Waals surface area (Å²) in [5, 5.41) is 1.59. The van der Waals surface area contributed by atoms with E-state index in [0.29, 0.717) is 32.6 Å². The van der Waals surface area contributed by atoms with E-state index in [1.54, 1.807) is 4.31 Å². The van der Waals surface area contributed by atoms with Gasteiger partial charge in [0.1, 0.15) is 5.82 Å². The summed E-state index contributed by atoms with van der Waals surface area (Å²) in [5.74, 6) is 1.05. The molecule has 1 aliphatic heterocycles. The van der Waals surface area contributed by atoms with Crippen LogP contribution in [0, 0.1) is 0 Å². The molecule has 6 nitrogen and oxygen atoms in total. The Morgan fingerprint density at radius 2 is 1.67 bits per heavy atom. The molecule has 0 bridgehead atoms. The van der Waals surface area contributed by atoms with Gasteiger partial charge in [-0.2, -0.15) is 8.68 Å². The van der Waals surface area contributed by atoms with Gasteiger partial charge in [-0.05, 0) is 24.1 Å². The summed E-state index contributed by atoms with van der Waals surface area (Å²) >= 11 is 7.32. The van der Waals surface area contributed by atoms with E-state index in [-0.39, 0.29) is 5.75 Å². The number of benzene rings is 1. The molecule has 166 valence electrons. The summed E-state index contributed by atoms with van der Waals surface area (Å²) < 4.78 is 31.4. The van der Waals surface area contributed by atoms with Crippen molar-refractivity contribution in [1.82, 2.24) is 13.7 Å². The van der Waals surface area contributed by atoms with Crippen LogP contribution < -0.4 is 4.90 Å². The van der Waals surface area contributed by atoms with Crippen LogP contribution >= 0.6 is 23.1 Å². The largest absolute Gasteiger partial charge is 0.344 e. The minimum atomic E-state index is -3.16. The number of rotatable bonds is 11. The molecule has 0 N–H and O–H groups in total. The van der Waals surface area contributed by atoms with Crippen molar-refractivity contribution >= 4 is 38.3 Å². The van der Waals surface area contributed by atoms with E-state index < -0.39 is 10.0 Å². The standard InChI is InChI=1S/C21H31ClN4O2S2/c1-2-3-4-5-6-7-16-30(27,28)26-14-12-25(13-15-26)21-23-20(24-29-21)17-18-8-10-19(22)11-9-18/h8-11H,2-7,12-17H2,1H3. The van der Waals surface area contributed by atoms with Gasteiger partial charge >= 0.3 is 0 Å². The van der Waals surface area contributed by atoms with Crippen LogP contribution in [0.1, 0.15) is 56.8 Å². The van der Waals surface area contributed by atoms with Crippen molar-refractivity contribution < 1.29 is 8.42 Å². The number of aromatic nitrogens is 2. The lowest BCUT2D eigenvalue weighted by molar-refractivity contribution is 0.383. The molecule has 0 saturated carbocycles. The molecule has 1 saturated heterocycles. The smallest absolute Gasteiger partial charge is 0.214 e. The van der Waals surface area contributed by atoms with E-state index in [1.807, 2.05) is 24.3 Å². The Kier molecular flexibility index (Phi) is 8.92. The van der Waals surface area contributed by atoms with Gasteiger partial charge in [-0.1, -0.05) is 62.8 Å². The van der Waals surface area contributed by atoms with E-state index in [9.17, 15) is 8.42 Å². The van der Waals surface area contributed by atoms with Crippen molar-refractivity contribution in [3.63, 3.8) is 0 Å². The molecule has 9 heteroatoms. The van der Waals surface area contributed by atoms with Gasteiger partial charge in [0.15, 0.2) is 0 Å². The molecule has 3 rings (SSSR count). The van der Waals surface area contributed by atoms with Crippen LogP contribution in [0.15, 0.2) is 24.3 Å². The maximum absolute atomic E-state index is 12.6. The summed E-state index contributed by atoms with van der Waals surface area (Å²) in [7, 11) is -3.16. The molecule has 0 spiro atoms. The first-order chi connectivity index (χ1) is 14.5. The second-order valence-corrected chi connectivity index (χ2v) is 11.0. The predicted molar refractivity (Wildman–Crippen MR) is 125 cm³/mol. The van der Waals surface area contributed by atoms with E-state index in [0.717, 1.165) is 40.8 Å². The first kappa shape index (κ1) is 23.4. The highest BCUT2D eigenvalue weighted by Gasteiger charge is 2.27. The van der Waals surface area contributed by atoms with Gasteiger partial charge in [0, 0.05) is 49.2 Å². The second-order valence-electron chi connectivity index (χ2n) is 7.77. The van der Waals surface area contributed by atoms with Crippen LogP contribution in [0.25, 0.3) is 0 Å². The van der Waals surface area contributed by atoms with Gasteiger partial charge in [-0.25, -0.2) is 13.4 Å². The van der Waals surface area contributed by atoms with Crippen molar-refractivity contribution in [3.05, 3.63) is 40.7 Å². The SMILES string of the molecule is CCCCCCCCS(=O)(=O)N1CCN(c2nc(Cc3ccc(Cl)cc3)ns2)CC1. The Morgan fingerprint density at radius 1 is 1.00 bits per heavy atom. The third-order valence-electron chi connectivity index (χ3n) is 5.39. The zero-order valence-corrected chi connectivity index (χ0v) is 20.0. The van der Waals surface area contributed by atoms with Crippen LogP contribution in [0.4, 0.5) is 5.13 Å². The molecule has 0 atom stereocenters. The molecule has 0 amide bonds. The van der Waals surface area contributed by atoms with Gasteiger partial charge in [-0.15, -0.1) is 0 Å². The Balaban J connectivity index is 1.45. The average Bonchev–Trinajstić information content (AvgIpc) is 3.21. The van der Waals surface area contributed by atoms with Crippen LogP contribution in [0.3, 0.4) is 0 Å². The molecule has 0 unspecified atom stereocenters. The first-order valence-corrected chi connectivity index (χ1v) is 13.5. The minimum absolute atomic E-state index is 0.267. The lowest BCUT2D eigenvalue weighted by Crippen LogP contribution is -2.49. The zero-order valence-electron chi connectivity index (χ0n) is 17.6. The topological polar surface area (TPSA) is 66.4 Å². The number of anilines is 1. The van der Waals surface area contributed by atoms with Gasteiger partial charge in [0.25, 0.3) is 0 Å². The summed E-state index contributed by atoms with van der Waals surface area (Å²) in [6, 6.07) is 7.71. The van der Waals surface area contributed by atoms with Gasteiger partial charge in [0.05, 0.1) is 5.75 Å². The van der Waals surface area contributed by atoms with Crippen LogP contribution in [-0.2, 0) is 16.4 Å². The highest BCUT2D eigenvalue weighted by atomic mass is 35.5. The quantitative estimate of drug-likeness (QED) is 0.449. The highest BCUT2D eigenvalue weighted by Crippen LogP contribution is 2.22. The molecule has 30 heavy (non-hydrogen) atoms. The van der Waals surface area contributed by atoms with Gasteiger partial charge in [0.2, 0.25) is 15.2 Å². The number of unbranched alkanes of at least 4 members (excludes halogenated alkanes) is 5. The lowest BCUT2D eigenvalue weighted by atomic mass is 10.1. The fourth-order valence-electron chi connectivity index (χ4n) is 3.58. The Labute approximate surface area is 189 Å². The number of hydrogen-bond donors (Lipinski definition) is 0. The van der Waals surface area contributed by atoms with Crippen molar-refractivity contribution in [3.8, 4) is 0 Å². The summed E-state index contributed by atoms with van der Waals surface area (Å²) in [6.45, 7) is 4.54.